The first-order valence-corrected chi connectivity index (χ1v) is 8.82. The third-order valence-electron chi connectivity index (χ3n) is 4.32. The Morgan fingerprint density at radius 3 is 2.63 bits per heavy atom. The fourth-order valence-electron chi connectivity index (χ4n) is 2.85. The summed E-state index contributed by atoms with van der Waals surface area (Å²) in [5.41, 5.74) is 0.537. The van der Waals surface area contributed by atoms with Crippen molar-refractivity contribution in [3.8, 4) is 11.5 Å². The molecule has 3 rings (SSSR count). The molecule has 27 heavy (non-hydrogen) atoms. The molecule has 0 N–H and O–H groups in total. The summed E-state index contributed by atoms with van der Waals surface area (Å²) in [7, 11) is 1.47. The van der Waals surface area contributed by atoms with Crippen LogP contribution < -0.4 is 9.47 Å². The number of halogens is 1. The Hall–Kier alpha value is -2.86. The molecule has 0 unspecified atom stereocenters. The maximum atomic E-state index is 12.9. The summed E-state index contributed by atoms with van der Waals surface area (Å²) < 4.78 is 10.8. The molecule has 2 aromatic carbocycles. The van der Waals surface area contributed by atoms with Gasteiger partial charge in [-0.3, -0.25) is 19.3 Å². The van der Waals surface area contributed by atoms with E-state index in [1.807, 2.05) is 0 Å². The third kappa shape index (κ3) is 3.66. The number of Topliss-reactive ketones (excluding diaryl/α,β-unsaturated/α-hetero) is 1. The molecule has 2 aromatic rings. The third-order valence-corrected chi connectivity index (χ3v) is 4.61. The van der Waals surface area contributed by atoms with Crippen LogP contribution in [0.4, 0.5) is 0 Å². The van der Waals surface area contributed by atoms with E-state index in [0.717, 1.165) is 4.90 Å². The van der Waals surface area contributed by atoms with Crippen molar-refractivity contribution in [2.75, 3.05) is 13.7 Å². The van der Waals surface area contributed by atoms with Crippen molar-refractivity contribution in [3.63, 3.8) is 0 Å². The summed E-state index contributed by atoms with van der Waals surface area (Å²) >= 11 is 6.07. The van der Waals surface area contributed by atoms with Crippen LogP contribution in [-0.4, -0.2) is 42.3 Å². The molecule has 0 fully saturated rings. The first-order chi connectivity index (χ1) is 13.0. The lowest BCUT2D eigenvalue weighted by atomic mass is 10.1. The van der Waals surface area contributed by atoms with Crippen molar-refractivity contribution in [1.29, 1.82) is 0 Å². The number of carbonyl (C=O) groups excluding carboxylic acids is 3. The SMILES string of the molecule is CC[C@@H]1Oc2ccccc2C(=O)N(CC(=O)c2ccc(OC)c(Cl)c2)C1=O. The van der Waals surface area contributed by atoms with Crippen LogP contribution in [-0.2, 0) is 4.79 Å². The number of imide groups is 1. The van der Waals surface area contributed by atoms with E-state index in [4.69, 9.17) is 21.1 Å². The van der Waals surface area contributed by atoms with Gasteiger partial charge in [0.15, 0.2) is 11.9 Å². The molecule has 1 heterocycles. The monoisotopic (exact) mass is 387 g/mol. The van der Waals surface area contributed by atoms with Crippen LogP contribution in [0, 0.1) is 0 Å². The lowest BCUT2D eigenvalue weighted by Crippen LogP contribution is -2.45. The zero-order chi connectivity index (χ0) is 19.6. The van der Waals surface area contributed by atoms with Gasteiger partial charge < -0.3 is 9.47 Å². The molecule has 1 atom stereocenters. The Labute approximate surface area is 161 Å². The van der Waals surface area contributed by atoms with Crippen molar-refractivity contribution >= 4 is 29.2 Å². The second-order valence-electron chi connectivity index (χ2n) is 6.01. The standard InChI is InChI=1S/C20H18ClNO5/c1-3-16-20(25)22(19(24)13-6-4-5-7-17(13)27-16)11-15(23)12-8-9-18(26-2)14(21)10-12/h4-10,16H,3,11H2,1-2H3/t16-/m0/s1. The molecule has 140 valence electrons. The van der Waals surface area contributed by atoms with Gasteiger partial charge >= 0.3 is 0 Å². The van der Waals surface area contributed by atoms with Crippen LogP contribution >= 0.6 is 11.6 Å². The van der Waals surface area contributed by atoms with E-state index in [1.165, 1.54) is 13.2 Å². The summed E-state index contributed by atoms with van der Waals surface area (Å²) in [5.74, 6) is -0.727. The van der Waals surface area contributed by atoms with Gasteiger partial charge in [-0.2, -0.15) is 0 Å². The van der Waals surface area contributed by atoms with Gasteiger partial charge in [-0.15, -0.1) is 0 Å². The van der Waals surface area contributed by atoms with Crippen molar-refractivity contribution in [2.24, 2.45) is 0 Å². The summed E-state index contributed by atoms with van der Waals surface area (Å²) in [6.45, 7) is 1.39. The van der Waals surface area contributed by atoms with Gasteiger partial charge in [0.2, 0.25) is 0 Å². The number of nitrogens with zero attached hydrogens (tertiary/aromatic N) is 1. The first-order valence-electron chi connectivity index (χ1n) is 8.44. The largest absolute Gasteiger partial charge is 0.495 e. The van der Waals surface area contributed by atoms with Gasteiger partial charge in [0.05, 0.1) is 24.2 Å². The molecule has 0 saturated carbocycles. The molecular formula is C20H18ClNO5. The van der Waals surface area contributed by atoms with E-state index in [-0.39, 0.29) is 16.1 Å². The summed E-state index contributed by atoms with van der Waals surface area (Å²) in [6, 6.07) is 11.2. The van der Waals surface area contributed by atoms with E-state index >= 15 is 0 Å². The van der Waals surface area contributed by atoms with Crippen LogP contribution in [0.5, 0.6) is 11.5 Å². The summed E-state index contributed by atoms with van der Waals surface area (Å²) in [5, 5.41) is 0.275. The van der Waals surface area contributed by atoms with Gasteiger partial charge in [-0.1, -0.05) is 30.7 Å². The number of rotatable bonds is 5. The maximum Gasteiger partial charge on any atom is 0.270 e. The molecule has 0 bridgehead atoms. The molecule has 0 spiro atoms. The van der Waals surface area contributed by atoms with Crippen LogP contribution in [0.1, 0.15) is 34.1 Å². The number of carbonyl (C=O) groups is 3. The number of amides is 2. The lowest BCUT2D eigenvalue weighted by molar-refractivity contribution is -0.135. The molecule has 6 nitrogen and oxygen atoms in total. The highest BCUT2D eigenvalue weighted by Crippen LogP contribution is 2.28. The van der Waals surface area contributed by atoms with Crippen LogP contribution in [0.2, 0.25) is 5.02 Å². The highest BCUT2D eigenvalue weighted by molar-refractivity contribution is 6.32. The van der Waals surface area contributed by atoms with Gasteiger partial charge in [0.25, 0.3) is 11.8 Å². The van der Waals surface area contributed by atoms with Crippen molar-refractivity contribution in [2.45, 2.75) is 19.4 Å². The van der Waals surface area contributed by atoms with E-state index in [9.17, 15) is 14.4 Å². The number of fused-ring (bicyclic) bond motifs is 1. The van der Waals surface area contributed by atoms with E-state index in [2.05, 4.69) is 0 Å². The summed E-state index contributed by atoms with van der Waals surface area (Å²) in [4.78, 5) is 39.3. The zero-order valence-electron chi connectivity index (χ0n) is 14.9. The number of hydrogen-bond donors (Lipinski definition) is 0. The Kier molecular flexibility index (Phi) is 5.46. The number of methoxy groups -OCH3 is 1. The minimum Gasteiger partial charge on any atom is -0.495 e. The Morgan fingerprint density at radius 2 is 1.96 bits per heavy atom. The highest BCUT2D eigenvalue weighted by Gasteiger charge is 2.36. The number of hydrogen-bond acceptors (Lipinski definition) is 5. The predicted octanol–water partition coefficient (Wildman–Crippen LogP) is 3.37. The Morgan fingerprint density at radius 1 is 1.22 bits per heavy atom. The Balaban J connectivity index is 1.92. The van der Waals surface area contributed by atoms with Crippen LogP contribution in [0.25, 0.3) is 0 Å². The second kappa shape index (κ2) is 7.80. The van der Waals surface area contributed by atoms with E-state index < -0.39 is 30.2 Å². The van der Waals surface area contributed by atoms with Crippen LogP contribution in [0.3, 0.4) is 0 Å². The zero-order valence-corrected chi connectivity index (χ0v) is 15.7. The fourth-order valence-corrected chi connectivity index (χ4v) is 3.11. The first kappa shape index (κ1) is 18.9. The van der Waals surface area contributed by atoms with Gasteiger partial charge in [-0.25, -0.2) is 0 Å². The molecule has 1 aliphatic heterocycles. The molecule has 2 amide bonds. The number of ketones is 1. The average Bonchev–Trinajstić information content (AvgIpc) is 2.78. The molecule has 0 aliphatic carbocycles. The number of benzene rings is 2. The minimum atomic E-state index is -0.829. The van der Waals surface area contributed by atoms with Crippen molar-refractivity contribution < 1.29 is 23.9 Å². The second-order valence-corrected chi connectivity index (χ2v) is 6.42. The maximum absolute atomic E-state index is 12.9. The van der Waals surface area contributed by atoms with E-state index in [1.54, 1.807) is 43.3 Å². The van der Waals surface area contributed by atoms with Gasteiger partial charge in [-0.05, 0) is 36.8 Å². The van der Waals surface area contributed by atoms with Crippen molar-refractivity contribution in [3.05, 3.63) is 58.6 Å². The molecule has 7 heteroatoms. The number of para-hydroxylation sites is 1. The quantitative estimate of drug-likeness (QED) is 0.581. The fraction of sp³-hybridized carbons (Fsp3) is 0.250. The minimum absolute atomic E-state index is 0.252. The van der Waals surface area contributed by atoms with E-state index in [0.29, 0.717) is 17.9 Å². The van der Waals surface area contributed by atoms with Crippen LogP contribution in [0.15, 0.2) is 42.5 Å². The average molecular weight is 388 g/mol. The molecular weight excluding hydrogens is 370 g/mol. The Bertz CT molecular complexity index is 911. The normalized spacial score (nSPS) is 16.4. The molecule has 0 radical (unpaired) electrons. The molecule has 0 aromatic heterocycles. The topological polar surface area (TPSA) is 72.9 Å². The van der Waals surface area contributed by atoms with Gasteiger partial charge in [0, 0.05) is 5.56 Å². The number of ether oxygens (including phenoxy) is 2. The smallest absolute Gasteiger partial charge is 0.270 e. The highest BCUT2D eigenvalue weighted by atomic mass is 35.5. The van der Waals surface area contributed by atoms with Gasteiger partial charge in [0.1, 0.15) is 11.5 Å². The molecule has 1 aliphatic rings. The predicted molar refractivity (Wildman–Crippen MR) is 99.5 cm³/mol. The van der Waals surface area contributed by atoms with Crippen molar-refractivity contribution in [1.82, 2.24) is 4.90 Å². The summed E-state index contributed by atoms with van der Waals surface area (Å²) in [6.07, 6.45) is -0.454. The lowest BCUT2D eigenvalue weighted by Gasteiger charge is -2.21. The molecule has 0 saturated heterocycles.